The molecule has 0 radical (unpaired) electrons. The Labute approximate surface area is 177 Å². The van der Waals surface area contributed by atoms with E-state index in [1.165, 1.54) is 19.3 Å². The molecule has 1 aliphatic carbocycles. The first kappa shape index (κ1) is 20.3. The molecule has 0 aliphatic heterocycles. The van der Waals surface area contributed by atoms with E-state index in [0.29, 0.717) is 12.1 Å². The van der Waals surface area contributed by atoms with Crippen LogP contribution in [0, 0.1) is 0 Å². The van der Waals surface area contributed by atoms with E-state index in [-0.39, 0.29) is 0 Å². The van der Waals surface area contributed by atoms with Gasteiger partial charge in [-0.2, -0.15) is 10.2 Å². The highest BCUT2D eigenvalue weighted by atomic mass is 15.3. The van der Waals surface area contributed by atoms with Crippen LogP contribution in [0.5, 0.6) is 0 Å². The summed E-state index contributed by atoms with van der Waals surface area (Å²) in [5.74, 6) is 0. The van der Waals surface area contributed by atoms with Crippen molar-refractivity contribution in [3.63, 3.8) is 0 Å². The van der Waals surface area contributed by atoms with Crippen LogP contribution in [-0.4, -0.2) is 36.6 Å². The molecule has 0 spiro atoms. The Hall–Kier alpha value is -2.96. The number of allylic oxidation sites excluding steroid dienone is 1. The quantitative estimate of drug-likeness (QED) is 0.579. The number of aliphatic imine (C=N–C) groups is 1. The monoisotopic (exact) mass is 405 g/mol. The topological polar surface area (TPSA) is 86.4 Å². The van der Waals surface area contributed by atoms with Gasteiger partial charge in [-0.3, -0.25) is 9.67 Å². The minimum Gasteiger partial charge on any atom is -0.404 e. The van der Waals surface area contributed by atoms with Gasteiger partial charge in [-0.05, 0) is 31.7 Å². The number of aromatic nitrogens is 5. The van der Waals surface area contributed by atoms with E-state index >= 15 is 0 Å². The zero-order valence-corrected chi connectivity index (χ0v) is 17.9. The fraction of sp³-hybridized carbons (Fsp3) is 0.478. The van der Waals surface area contributed by atoms with E-state index in [2.05, 4.69) is 30.2 Å². The van der Waals surface area contributed by atoms with E-state index in [4.69, 9.17) is 15.7 Å². The summed E-state index contributed by atoms with van der Waals surface area (Å²) in [4.78, 5) is 9.74. The second kappa shape index (κ2) is 9.24. The van der Waals surface area contributed by atoms with Crippen molar-refractivity contribution in [2.45, 2.75) is 70.9 Å². The van der Waals surface area contributed by atoms with E-state index in [0.717, 1.165) is 53.7 Å². The van der Waals surface area contributed by atoms with Gasteiger partial charge in [0.2, 0.25) is 0 Å². The molecule has 0 bridgehead atoms. The maximum absolute atomic E-state index is 5.97. The first-order valence-corrected chi connectivity index (χ1v) is 11.1. The van der Waals surface area contributed by atoms with Crippen molar-refractivity contribution < 1.29 is 0 Å². The summed E-state index contributed by atoms with van der Waals surface area (Å²) >= 11 is 0. The first-order chi connectivity index (χ1) is 14.7. The molecule has 1 fully saturated rings. The van der Waals surface area contributed by atoms with Crippen LogP contribution in [0.25, 0.3) is 22.3 Å². The SMILES string of the molecule is CCC(CC)n1cc(-c2nc(C(C=NC3CCCCC3)=CN)cn3nccc23)cn1. The minimum absolute atomic E-state index is 0.389. The van der Waals surface area contributed by atoms with Crippen LogP contribution in [0.4, 0.5) is 0 Å². The van der Waals surface area contributed by atoms with Gasteiger partial charge in [0.1, 0.15) is 0 Å². The number of hydrogen-bond donors (Lipinski definition) is 1. The molecule has 158 valence electrons. The molecule has 4 rings (SSSR count). The lowest BCUT2D eigenvalue weighted by molar-refractivity contribution is 0.428. The number of rotatable bonds is 7. The second-order valence-corrected chi connectivity index (χ2v) is 8.01. The highest BCUT2D eigenvalue weighted by molar-refractivity contribution is 6.09. The Bertz CT molecular complexity index is 1030. The molecule has 0 amide bonds. The normalized spacial score (nSPS) is 16.3. The Balaban J connectivity index is 1.69. The van der Waals surface area contributed by atoms with Crippen LogP contribution in [0.15, 0.2) is 42.0 Å². The third-order valence-corrected chi connectivity index (χ3v) is 6.06. The molecule has 0 aromatic carbocycles. The summed E-state index contributed by atoms with van der Waals surface area (Å²) in [7, 11) is 0. The zero-order chi connectivity index (χ0) is 20.9. The maximum Gasteiger partial charge on any atom is 0.0999 e. The second-order valence-electron chi connectivity index (χ2n) is 8.01. The molecular weight excluding hydrogens is 374 g/mol. The number of fused-ring (bicyclic) bond motifs is 1. The summed E-state index contributed by atoms with van der Waals surface area (Å²) in [5, 5.41) is 9.04. The molecule has 1 saturated carbocycles. The van der Waals surface area contributed by atoms with Gasteiger partial charge in [0.15, 0.2) is 0 Å². The predicted molar refractivity (Wildman–Crippen MR) is 121 cm³/mol. The van der Waals surface area contributed by atoms with Crippen molar-refractivity contribution in [3.05, 3.63) is 42.7 Å². The molecule has 3 aromatic rings. The van der Waals surface area contributed by atoms with Gasteiger partial charge in [0.05, 0.1) is 41.5 Å². The van der Waals surface area contributed by atoms with E-state index < -0.39 is 0 Å². The molecular formula is C23H31N7. The third kappa shape index (κ3) is 4.15. The van der Waals surface area contributed by atoms with Gasteiger partial charge < -0.3 is 5.73 Å². The van der Waals surface area contributed by atoms with E-state index in [9.17, 15) is 0 Å². The van der Waals surface area contributed by atoms with Crippen LogP contribution in [0.1, 0.15) is 70.5 Å². The highest BCUT2D eigenvalue weighted by Crippen LogP contribution is 2.27. The molecule has 3 heterocycles. The maximum atomic E-state index is 5.97. The average Bonchev–Trinajstić information content (AvgIpc) is 3.45. The molecule has 2 N–H and O–H groups in total. The van der Waals surface area contributed by atoms with Crippen molar-refractivity contribution in [1.82, 2.24) is 24.4 Å². The number of nitrogens with two attached hydrogens (primary N) is 1. The van der Waals surface area contributed by atoms with Gasteiger partial charge in [-0.25, -0.2) is 9.50 Å². The van der Waals surface area contributed by atoms with Crippen LogP contribution in [0.2, 0.25) is 0 Å². The van der Waals surface area contributed by atoms with Crippen molar-refractivity contribution in [2.75, 3.05) is 0 Å². The molecule has 1 aliphatic rings. The predicted octanol–water partition coefficient (Wildman–Crippen LogP) is 4.66. The van der Waals surface area contributed by atoms with Crippen molar-refractivity contribution in [1.29, 1.82) is 0 Å². The van der Waals surface area contributed by atoms with E-state index in [1.807, 2.05) is 33.9 Å². The van der Waals surface area contributed by atoms with Crippen molar-refractivity contribution in [2.24, 2.45) is 10.7 Å². The molecule has 7 heteroatoms. The minimum atomic E-state index is 0.389. The standard InChI is InChI=1S/C23H31N7/c1-3-20(4-2)29-15-18(14-27-29)23-22-10-11-26-30(22)16-21(28-23)17(12-24)13-25-19-8-6-5-7-9-19/h10-16,19-20H,3-9,24H2,1-2H3. The summed E-state index contributed by atoms with van der Waals surface area (Å²) in [6.07, 6.45) is 19.4. The Morgan fingerprint density at radius 1 is 1.20 bits per heavy atom. The molecule has 30 heavy (non-hydrogen) atoms. The zero-order valence-electron chi connectivity index (χ0n) is 17.9. The van der Waals surface area contributed by atoms with E-state index in [1.54, 1.807) is 12.4 Å². The lowest BCUT2D eigenvalue weighted by Gasteiger charge is -2.17. The summed E-state index contributed by atoms with van der Waals surface area (Å²) in [6, 6.07) is 2.76. The fourth-order valence-corrected chi connectivity index (χ4v) is 4.21. The number of hydrogen-bond acceptors (Lipinski definition) is 5. The first-order valence-electron chi connectivity index (χ1n) is 11.1. The molecule has 3 aromatic heterocycles. The van der Waals surface area contributed by atoms with Crippen LogP contribution in [-0.2, 0) is 0 Å². The summed E-state index contributed by atoms with van der Waals surface area (Å²) in [6.45, 7) is 4.38. The molecule has 0 unspecified atom stereocenters. The van der Waals surface area contributed by atoms with Crippen molar-refractivity contribution in [3.8, 4) is 11.3 Å². The lowest BCUT2D eigenvalue weighted by atomic mass is 9.96. The molecule has 7 nitrogen and oxygen atoms in total. The lowest BCUT2D eigenvalue weighted by Crippen LogP contribution is -2.10. The summed E-state index contributed by atoms with van der Waals surface area (Å²) in [5.41, 5.74) is 10.3. The molecule has 0 atom stereocenters. The van der Waals surface area contributed by atoms with Crippen LogP contribution < -0.4 is 5.73 Å². The van der Waals surface area contributed by atoms with Gasteiger partial charge in [0.25, 0.3) is 0 Å². The number of nitrogens with zero attached hydrogens (tertiary/aromatic N) is 6. The molecule has 0 saturated heterocycles. The van der Waals surface area contributed by atoms with Gasteiger partial charge in [-0.1, -0.05) is 33.1 Å². The Morgan fingerprint density at radius 3 is 2.73 bits per heavy atom. The Kier molecular flexibility index (Phi) is 6.26. The summed E-state index contributed by atoms with van der Waals surface area (Å²) < 4.78 is 3.89. The highest BCUT2D eigenvalue weighted by Gasteiger charge is 2.16. The van der Waals surface area contributed by atoms with Gasteiger partial charge >= 0.3 is 0 Å². The third-order valence-electron chi connectivity index (χ3n) is 6.06. The van der Waals surface area contributed by atoms with Gasteiger partial charge in [0, 0.05) is 35.8 Å². The smallest absolute Gasteiger partial charge is 0.0999 e. The Morgan fingerprint density at radius 2 is 2.00 bits per heavy atom. The van der Waals surface area contributed by atoms with Gasteiger partial charge in [-0.15, -0.1) is 0 Å². The average molecular weight is 406 g/mol. The fourth-order valence-electron chi connectivity index (χ4n) is 4.21. The van der Waals surface area contributed by atoms with Crippen LogP contribution in [0.3, 0.4) is 0 Å². The largest absolute Gasteiger partial charge is 0.404 e. The van der Waals surface area contributed by atoms with Crippen LogP contribution >= 0.6 is 0 Å². The van der Waals surface area contributed by atoms with Crippen molar-refractivity contribution >= 4 is 17.3 Å².